The van der Waals surface area contributed by atoms with E-state index in [2.05, 4.69) is 16.4 Å². The number of nitrogens with one attached hydrogen (secondary N) is 1. The molecule has 1 aromatic heterocycles. The minimum Gasteiger partial charge on any atom is -0.311 e. The van der Waals surface area contributed by atoms with Gasteiger partial charge in [0, 0.05) is 12.7 Å². The number of hydrogen-bond acceptors (Lipinski definition) is 2. The van der Waals surface area contributed by atoms with Crippen LogP contribution in [-0.4, -0.2) is 11.5 Å². The van der Waals surface area contributed by atoms with Crippen LogP contribution in [0.5, 0.6) is 0 Å². The summed E-state index contributed by atoms with van der Waals surface area (Å²) in [6, 6.07) is 4.16. The summed E-state index contributed by atoms with van der Waals surface area (Å²) in [6.45, 7) is 2.04. The van der Waals surface area contributed by atoms with Crippen LogP contribution < -0.4 is 5.32 Å². The van der Waals surface area contributed by atoms with E-state index in [1.54, 1.807) is 0 Å². The first-order valence-electron chi connectivity index (χ1n) is 3.60. The summed E-state index contributed by atoms with van der Waals surface area (Å²) in [6.07, 6.45) is 2.98. The minimum absolute atomic E-state index is 0. The van der Waals surface area contributed by atoms with Crippen molar-refractivity contribution in [1.29, 1.82) is 0 Å². The van der Waals surface area contributed by atoms with Crippen LogP contribution in [0.2, 0.25) is 0 Å². The van der Waals surface area contributed by atoms with E-state index in [-0.39, 0.29) is 24.8 Å². The first-order chi connectivity index (χ1) is 4.97. The van der Waals surface area contributed by atoms with Gasteiger partial charge in [-0.25, -0.2) is 0 Å². The molecule has 68 valence electrons. The predicted molar refractivity (Wildman–Crippen MR) is 54.1 cm³/mol. The number of aromatic nitrogens is 1. The molecule has 0 bridgehead atoms. The van der Waals surface area contributed by atoms with Gasteiger partial charge in [0.15, 0.2) is 0 Å². The quantitative estimate of drug-likeness (QED) is 0.698. The summed E-state index contributed by atoms with van der Waals surface area (Å²) in [5.41, 5.74) is 2.62. The molecule has 1 aliphatic rings. The Bertz CT molecular complexity index is 215. The lowest BCUT2D eigenvalue weighted by Gasteiger charge is -2.14. The summed E-state index contributed by atoms with van der Waals surface area (Å²) in [5.74, 6) is 0. The molecule has 0 saturated heterocycles. The van der Waals surface area contributed by atoms with Gasteiger partial charge in [-0.05, 0) is 24.6 Å². The van der Waals surface area contributed by atoms with E-state index in [0.717, 1.165) is 19.5 Å². The monoisotopic (exact) mass is 206 g/mol. The van der Waals surface area contributed by atoms with E-state index >= 15 is 0 Å². The molecule has 0 radical (unpaired) electrons. The highest BCUT2D eigenvalue weighted by atomic mass is 35.5. The van der Waals surface area contributed by atoms with Crippen molar-refractivity contribution in [1.82, 2.24) is 10.3 Å². The van der Waals surface area contributed by atoms with Gasteiger partial charge in [0.1, 0.15) is 0 Å². The average molecular weight is 207 g/mol. The fraction of sp³-hybridized carbons (Fsp3) is 0.375. The van der Waals surface area contributed by atoms with Crippen molar-refractivity contribution in [3.8, 4) is 0 Å². The van der Waals surface area contributed by atoms with Gasteiger partial charge in [-0.1, -0.05) is 6.07 Å². The summed E-state index contributed by atoms with van der Waals surface area (Å²) in [5, 5.41) is 3.28. The zero-order chi connectivity index (χ0) is 6.81. The zero-order valence-electron chi connectivity index (χ0n) is 6.62. The second-order valence-corrected chi connectivity index (χ2v) is 2.54. The van der Waals surface area contributed by atoms with Crippen LogP contribution in [0.15, 0.2) is 18.3 Å². The second-order valence-electron chi connectivity index (χ2n) is 2.54. The highest BCUT2D eigenvalue weighted by molar-refractivity contribution is 5.85. The molecule has 0 saturated carbocycles. The van der Waals surface area contributed by atoms with Gasteiger partial charge in [-0.15, -0.1) is 24.8 Å². The highest BCUT2D eigenvalue weighted by Gasteiger charge is 2.06. The molecule has 1 aromatic rings. The molecule has 0 spiro atoms. The van der Waals surface area contributed by atoms with Gasteiger partial charge in [-0.2, -0.15) is 0 Å². The first kappa shape index (κ1) is 11.7. The van der Waals surface area contributed by atoms with Crippen molar-refractivity contribution in [2.24, 2.45) is 0 Å². The molecule has 2 heterocycles. The first-order valence-corrected chi connectivity index (χ1v) is 3.60. The zero-order valence-corrected chi connectivity index (χ0v) is 8.25. The van der Waals surface area contributed by atoms with Crippen LogP contribution in [0, 0.1) is 0 Å². The number of pyridine rings is 1. The Balaban J connectivity index is 0.000000605. The Kier molecular flexibility index (Phi) is 5.22. The number of hydrogen-bond donors (Lipinski definition) is 1. The maximum Gasteiger partial charge on any atom is 0.0574 e. The number of halogens is 2. The van der Waals surface area contributed by atoms with Crippen LogP contribution in [0.3, 0.4) is 0 Å². The molecule has 0 unspecified atom stereocenters. The maximum atomic E-state index is 4.26. The molecular weight excluding hydrogens is 195 g/mol. The van der Waals surface area contributed by atoms with E-state index in [1.165, 1.54) is 11.3 Å². The lowest BCUT2D eigenvalue weighted by Crippen LogP contribution is -2.24. The van der Waals surface area contributed by atoms with Gasteiger partial charge < -0.3 is 5.32 Å². The molecular formula is C8H12Cl2N2. The molecule has 2 nitrogen and oxygen atoms in total. The van der Waals surface area contributed by atoms with Gasteiger partial charge in [0.25, 0.3) is 0 Å². The lowest BCUT2D eigenvalue weighted by molar-refractivity contribution is 0.627. The topological polar surface area (TPSA) is 24.9 Å². The Labute approximate surface area is 84.6 Å². The van der Waals surface area contributed by atoms with E-state index < -0.39 is 0 Å². The van der Waals surface area contributed by atoms with Crippen molar-refractivity contribution in [2.75, 3.05) is 6.54 Å². The van der Waals surface area contributed by atoms with E-state index in [1.807, 2.05) is 12.3 Å². The standard InChI is InChI=1S/C8H10N2.2ClH/c1-2-7-3-5-9-6-8(7)10-4-1;;/h1-2,4,9H,3,5-6H2;2*1H. The molecule has 4 heteroatoms. The second kappa shape index (κ2) is 5.36. The van der Waals surface area contributed by atoms with Crippen LogP contribution in [-0.2, 0) is 13.0 Å². The van der Waals surface area contributed by atoms with Crippen LogP contribution in [0.25, 0.3) is 0 Å². The Morgan fingerprint density at radius 1 is 1.33 bits per heavy atom. The molecule has 0 aliphatic carbocycles. The van der Waals surface area contributed by atoms with Gasteiger partial charge in [0.05, 0.1) is 5.69 Å². The summed E-state index contributed by atoms with van der Waals surface area (Å²) >= 11 is 0. The smallest absolute Gasteiger partial charge is 0.0574 e. The Morgan fingerprint density at radius 2 is 2.17 bits per heavy atom. The fourth-order valence-electron chi connectivity index (χ4n) is 1.29. The third kappa shape index (κ3) is 2.34. The molecule has 12 heavy (non-hydrogen) atoms. The van der Waals surface area contributed by atoms with Crippen molar-refractivity contribution >= 4 is 24.8 Å². The molecule has 0 aromatic carbocycles. The van der Waals surface area contributed by atoms with Crippen molar-refractivity contribution in [3.63, 3.8) is 0 Å². The normalized spacial score (nSPS) is 13.7. The fourth-order valence-corrected chi connectivity index (χ4v) is 1.29. The molecule has 1 aliphatic heterocycles. The van der Waals surface area contributed by atoms with E-state index in [4.69, 9.17) is 0 Å². The van der Waals surface area contributed by atoms with Gasteiger partial charge in [-0.3, -0.25) is 4.98 Å². The number of fused-ring (bicyclic) bond motifs is 1. The van der Waals surface area contributed by atoms with Crippen LogP contribution in [0.4, 0.5) is 0 Å². The molecule has 0 amide bonds. The summed E-state index contributed by atoms with van der Waals surface area (Å²) in [7, 11) is 0. The largest absolute Gasteiger partial charge is 0.311 e. The third-order valence-electron chi connectivity index (χ3n) is 1.85. The van der Waals surface area contributed by atoms with Crippen LogP contribution >= 0.6 is 24.8 Å². The maximum absolute atomic E-state index is 4.26. The Morgan fingerprint density at radius 3 is 2.92 bits per heavy atom. The van der Waals surface area contributed by atoms with Crippen molar-refractivity contribution in [2.45, 2.75) is 13.0 Å². The number of rotatable bonds is 0. The predicted octanol–water partition coefficient (Wildman–Crippen LogP) is 1.57. The van der Waals surface area contributed by atoms with Gasteiger partial charge in [0.2, 0.25) is 0 Å². The summed E-state index contributed by atoms with van der Waals surface area (Å²) in [4.78, 5) is 4.26. The highest BCUT2D eigenvalue weighted by Crippen LogP contribution is 2.08. The number of nitrogens with zero attached hydrogens (tertiary/aromatic N) is 1. The van der Waals surface area contributed by atoms with Crippen molar-refractivity contribution < 1.29 is 0 Å². The minimum atomic E-state index is 0. The van der Waals surface area contributed by atoms with E-state index in [0.29, 0.717) is 0 Å². The molecule has 0 fully saturated rings. The average Bonchev–Trinajstić information content (AvgIpc) is 2.05. The van der Waals surface area contributed by atoms with E-state index in [9.17, 15) is 0 Å². The van der Waals surface area contributed by atoms with Gasteiger partial charge >= 0.3 is 0 Å². The Hall–Kier alpha value is -0.310. The third-order valence-corrected chi connectivity index (χ3v) is 1.85. The lowest BCUT2D eigenvalue weighted by atomic mass is 10.1. The molecule has 0 atom stereocenters. The molecule has 2 rings (SSSR count). The van der Waals surface area contributed by atoms with Crippen molar-refractivity contribution in [3.05, 3.63) is 29.6 Å². The SMILES string of the molecule is Cl.Cl.c1cnc2c(c1)CCNC2. The summed E-state index contributed by atoms with van der Waals surface area (Å²) < 4.78 is 0. The van der Waals surface area contributed by atoms with Crippen LogP contribution in [0.1, 0.15) is 11.3 Å². The molecule has 1 N–H and O–H groups in total.